The molecule has 3 aromatic rings. The Morgan fingerprint density at radius 1 is 1.00 bits per heavy atom. The highest BCUT2D eigenvalue weighted by atomic mass is 16.4. The number of benzene rings is 2. The minimum absolute atomic E-state index is 0.181. The molecule has 0 saturated heterocycles. The van der Waals surface area contributed by atoms with Crippen LogP contribution in [-0.2, 0) is 0 Å². The summed E-state index contributed by atoms with van der Waals surface area (Å²) in [7, 11) is 0. The van der Waals surface area contributed by atoms with Gasteiger partial charge in [0.2, 0.25) is 5.82 Å². The van der Waals surface area contributed by atoms with Crippen molar-refractivity contribution in [3.8, 4) is 11.3 Å². The Hall–Kier alpha value is -2.75. The number of fused-ring (bicyclic) bond motifs is 1. The molecular weight excluding hydrogens is 252 g/mol. The van der Waals surface area contributed by atoms with Gasteiger partial charge in [-0.3, -0.25) is 0 Å². The molecule has 1 aromatic heterocycles. The highest BCUT2D eigenvalue weighted by Crippen LogP contribution is 2.26. The van der Waals surface area contributed by atoms with Crippen molar-refractivity contribution >= 4 is 16.9 Å². The van der Waals surface area contributed by atoms with Gasteiger partial charge in [0, 0.05) is 10.9 Å². The molecule has 1 heterocycles. The first-order valence-electron chi connectivity index (χ1n) is 6.22. The fourth-order valence-electron chi connectivity index (χ4n) is 2.10. The minimum Gasteiger partial charge on any atom is -0.475 e. The Labute approximate surface area is 115 Å². The largest absolute Gasteiger partial charge is 0.475 e. The van der Waals surface area contributed by atoms with Gasteiger partial charge >= 0.3 is 5.97 Å². The van der Waals surface area contributed by atoms with Crippen molar-refractivity contribution in [3.63, 3.8) is 0 Å². The average Bonchev–Trinajstić information content (AvgIpc) is 2.47. The molecule has 0 aliphatic carbocycles. The second-order valence-electron chi connectivity index (χ2n) is 4.58. The number of aromatic carboxylic acids is 1. The van der Waals surface area contributed by atoms with E-state index in [1.807, 2.05) is 49.4 Å². The van der Waals surface area contributed by atoms with Crippen LogP contribution in [0.25, 0.3) is 22.2 Å². The molecule has 0 amide bonds. The van der Waals surface area contributed by atoms with Gasteiger partial charge in [-0.1, -0.05) is 48.0 Å². The molecule has 0 fully saturated rings. The van der Waals surface area contributed by atoms with Gasteiger partial charge in [-0.15, -0.1) is 0 Å². The van der Waals surface area contributed by atoms with Crippen LogP contribution >= 0.6 is 0 Å². The molecule has 0 unspecified atom stereocenters. The van der Waals surface area contributed by atoms with E-state index in [0.717, 1.165) is 16.5 Å². The van der Waals surface area contributed by atoms with Crippen molar-refractivity contribution in [1.82, 2.24) is 9.97 Å². The molecule has 1 N–H and O–H groups in total. The van der Waals surface area contributed by atoms with E-state index in [4.69, 9.17) is 5.11 Å². The molecule has 0 saturated carbocycles. The van der Waals surface area contributed by atoms with Gasteiger partial charge in [-0.25, -0.2) is 14.8 Å². The van der Waals surface area contributed by atoms with Crippen LogP contribution in [0.1, 0.15) is 16.2 Å². The Morgan fingerprint density at radius 3 is 2.40 bits per heavy atom. The van der Waals surface area contributed by atoms with Crippen LogP contribution in [0.5, 0.6) is 0 Å². The van der Waals surface area contributed by atoms with Gasteiger partial charge in [0.25, 0.3) is 0 Å². The first kappa shape index (κ1) is 12.3. The second kappa shape index (κ2) is 4.74. The topological polar surface area (TPSA) is 63.1 Å². The van der Waals surface area contributed by atoms with Crippen LogP contribution in [0.2, 0.25) is 0 Å². The number of hydrogen-bond donors (Lipinski definition) is 1. The molecule has 98 valence electrons. The van der Waals surface area contributed by atoms with Crippen molar-refractivity contribution in [2.24, 2.45) is 0 Å². The SMILES string of the molecule is Cc1ccc(-c2nc(C(=O)O)nc3ccccc23)cc1. The standard InChI is InChI=1S/C16H12N2O2/c1-10-6-8-11(9-7-10)14-12-4-2-3-5-13(12)17-15(18-14)16(19)20/h2-9H,1H3,(H,19,20). The van der Waals surface area contributed by atoms with E-state index >= 15 is 0 Å². The maximum absolute atomic E-state index is 11.2. The molecule has 4 nitrogen and oxygen atoms in total. The minimum atomic E-state index is -1.12. The number of aryl methyl sites for hydroxylation is 1. The van der Waals surface area contributed by atoms with E-state index < -0.39 is 5.97 Å². The molecular formula is C16H12N2O2. The lowest BCUT2D eigenvalue weighted by atomic mass is 10.0. The predicted molar refractivity (Wildman–Crippen MR) is 76.7 cm³/mol. The number of nitrogens with zero attached hydrogens (tertiary/aromatic N) is 2. The second-order valence-corrected chi connectivity index (χ2v) is 4.58. The zero-order valence-electron chi connectivity index (χ0n) is 10.9. The summed E-state index contributed by atoms with van der Waals surface area (Å²) in [5, 5.41) is 9.98. The van der Waals surface area contributed by atoms with E-state index in [1.165, 1.54) is 0 Å². The first-order chi connectivity index (χ1) is 9.65. The summed E-state index contributed by atoms with van der Waals surface area (Å²) >= 11 is 0. The third-order valence-electron chi connectivity index (χ3n) is 3.12. The molecule has 0 aliphatic rings. The molecule has 2 aromatic carbocycles. The molecule has 0 bridgehead atoms. The molecule has 0 aliphatic heterocycles. The first-order valence-corrected chi connectivity index (χ1v) is 6.22. The highest BCUT2D eigenvalue weighted by molar-refractivity contribution is 5.95. The molecule has 0 spiro atoms. The summed E-state index contributed by atoms with van der Waals surface area (Å²) in [6.07, 6.45) is 0. The van der Waals surface area contributed by atoms with Gasteiger partial charge in [0.15, 0.2) is 0 Å². The Balaban J connectivity index is 2.32. The monoisotopic (exact) mass is 264 g/mol. The van der Waals surface area contributed by atoms with Gasteiger partial charge in [0.05, 0.1) is 11.2 Å². The van der Waals surface area contributed by atoms with Crippen molar-refractivity contribution in [2.45, 2.75) is 6.92 Å². The van der Waals surface area contributed by atoms with Crippen molar-refractivity contribution in [3.05, 3.63) is 59.9 Å². The molecule has 0 atom stereocenters. The number of carbonyl (C=O) groups is 1. The van der Waals surface area contributed by atoms with Crippen molar-refractivity contribution in [1.29, 1.82) is 0 Å². The fourth-order valence-corrected chi connectivity index (χ4v) is 2.10. The maximum Gasteiger partial charge on any atom is 0.373 e. The number of hydrogen-bond acceptors (Lipinski definition) is 3. The third kappa shape index (κ3) is 2.12. The fraction of sp³-hybridized carbons (Fsp3) is 0.0625. The van der Waals surface area contributed by atoms with Crippen LogP contribution < -0.4 is 0 Å². The van der Waals surface area contributed by atoms with E-state index in [2.05, 4.69) is 9.97 Å². The predicted octanol–water partition coefficient (Wildman–Crippen LogP) is 3.30. The van der Waals surface area contributed by atoms with Crippen LogP contribution in [0.15, 0.2) is 48.5 Å². The molecule has 3 rings (SSSR count). The van der Waals surface area contributed by atoms with E-state index in [0.29, 0.717) is 11.2 Å². The summed E-state index contributed by atoms with van der Waals surface area (Å²) < 4.78 is 0. The smallest absolute Gasteiger partial charge is 0.373 e. The third-order valence-corrected chi connectivity index (χ3v) is 3.12. The number of aromatic nitrogens is 2. The maximum atomic E-state index is 11.2. The Kier molecular flexibility index (Phi) is 2.91. The van der Waals surface area contributed by atoms with Gasteiger partial charge < -0.3 is 5.11 Å². The lowest BCUT2D eigenvalue weighted by Crippen LogP contribution is -2.05. The Morgan fingerprint density at radius 2 is 1.70 bits per heavy atom. The lowest BCUT2D eigenvalue weighted by Gasteiger charge is -2.07. The normalized spacial score (nSPS) is 10.7. The van der Waals surface area contributed by atoms with Crippen LogP contribution in [0.3, 0.4) is 0 Å². The zero-order valence-corrected chi connectivity index (χ0v) is 10.9. The molecule has 0 radical (unpaired) electrons. The summed E-state index contributed by atoms with van der Waals surface area (Å²) in [6, 6.07) is 15.3. The molecule has 20 heavy (non-hydrogen) atoms. The zero-order chi connectivity index (χ0) is 14.1. The summed E-state index contributed by atoms with van der Waals surface area (Å²) in [5.41, 5.74) is 3.31. The van der Waals surface area contributed by atoms with Gasteiger partial charge in [-0.05, 0) is 13.0 Å². The number of para-hydroxylation sites is 1. The van der Waals surface area contributed by atoms with Crippen LogP contribution in [0.4, 0.5) is 0 Å². The average molecular weight is 264 g/mol. The lowest BCUT2D eigenvalue weighted by molar-refractivity contribution is 0.0684. The quantitative estimate of drug-likeness (QED) is 0.771. The Bertz CT molecular complexity index is 795. The van der Waals surface area contributed by atoms with Gasteiger partial charge in [-0.2, -0.15) is 0 Å². The van der Waals surface area contributed by atoms with Crippen LogP contribution in [-0.4, -0.2) is 21.0 Å². The van der Waals surface area contributed by atoms with Crippen molar-refractivity contribution in [2.75, 3.05) is 0 Å². The van der Waals surface area contributed by atoms with E-state index in [9.17, 15) is 4.79 Å². The number of carboxylic acids is 1. The van der Waals surface area contributed by atoms with Crippen molar-refractivity contribution < 1.29 is 9.90 Å². The summed E-state index contributed by atoms with van der Waals surface area (Å²) in [5.74, 6) is -1.30. The number of rotatable bonds is 2. The number of carboxylic acid groups (broad SMARTS) is 1. The van der Waals surface area contributed by atoms with Gasteiger partial charge in [0.1, 0.15) is 0 Å². The van der Waals surface area contributed by atoms with Crippen LogP contribution in [0, 0.1) is 6.92 Å². The highest BCUT2D eigenvalue weighted by Gasteiger charge is 2.13. The van der Waals surface area contributed by atoms with E-state index in [1.54, 1.807) is 6.07 Å². The van der Waals surface area contributed by atoms with E-state index in [-0.39, 0.29) is 5.82 Å². The molecule has 4 heteroatoms. The summed E-state index contributed by atoms with van der Waals surface area (Å²) in [4.78, 5) is 19.4. The summed E-state index contributed by atoms with van der Waals surface area (Å²) in [6.45, 7) is 2.00.